The molecule has 1 aromatic heterocycles. The zero-order valence-electron chi connectivity index (χ0n) is 14.7. The van der Waals surface area contributed by atoms with Crippen LogP contribution in [-0.2, 0) is 16.1 Å². The molecule has 0 aliphatic heterocycles. The Morgan fingerprint density at radius 2 is 2.00 bits per heavy atom. The molecule has 4 aliphatic carbocycles. The molecule has 0 radical (unpaired) electrons. The smallest absolute Gasteiger partial charge is 0.254 e. The van der Waals surface area contributed by atoms with Gasteiger partial charge in [0.05, 0.1) is 12.0 Å². The number of thiazole rings is 1. The quantitative estimate of drug-likeness (QED) is 0.816. The van der Waals surface area contributed by atoms with Gasteiger partial charge in [0.2, 0.25) is 0 Å². The third-order valence-electron chi connectivity index (χ3n) is 5.96. The maximum absolute atomic E-state index is 15.1. The number of methoxy groups -OCH3 is 1. The summed E-state index contributed by atoms with van der Waals surface area (Å²) in [6, 6.07) is 0. The van der Waals surface area contributed by atoms with Crippen molar-refractivity contribution in [1.29, 1.82) is 0 Å². The summed E-state index contributed by atoms with van der Waals surface area (Å²) >= 11 is 1.43. The summed E-state index contributed by atoms with van der Waals surface area (Å²) in [6.07, 6.45) is 3.54. The van der Waals surface area contributed by atoms with E-state index in [0.29, 0.717) is 37.2 Å². The van der Waals surface area contributed by atoms with Crippen LogP contribution in [0.4, 0.5) is 8.78 Å². The largest absolute Gasteiger partial charge is 0.383 e. The van der Waals surface area contributed by atoms with Gasteiger partial charge in [-0.05, 0) is 44.9 Å². The first-order valence-corrected chi connectivity index (χ1v) is 9.69. The van der Waals surface area contributed by atoms with Gasteiger partial charge in [-0.25, -0.2) is 8.78 Å². The van der Waals surface area contributed by atoms with Gasteiger partial charge in [0.1, 0.15) is 11.3 Å². The number of aromatic nitrogens is 1. The van der Waals surface area contributed by atoms with Gasteiger partial charge >= 0.3 is 0 Å². The van der Waals surface area contributed by atoms with Crippen molar-refractivity contribution in [3.8, 4) is 0 Å². The lowest BCUT2D eigenvalue weighted by molar-refractivity contribution is -0.183. The number of rotatable bonds is 4. The van der Waals surface area contributed by atoms with E-state index in [1.807, 2.05) is 17.7 Å². The summed E-state index contributed by atoms with van der Waals surface area (Å²) in [7, 11) is 1.62. The molecular weight excluding hydrogens is 346 g/mol. The maximum Gasteiger partial charge on any atom is 0.254 e. The molecule has 4 saturated carbocycles. The first kappa shape index (κ1) is 17.3. The van der Waals surface area contributed by atoms with E-state index in [9.17, 15) is 4.79 Å². The number of aryl methyl sites for hydroxylation is 1. The summed E-state index contributed by atoms with van der Waals surface area (Å²) in [5, 5.41) is 0. The number of hydrogen-bond donors (Lipinski definition) is 0. The van der Waals surface area contributed by atoms with E-state index in [1.54, 1.807) is 7.11 Å². The molecule has 0 spiro atoms. The molecule has 0 aromatic carbocycles. The van der Waals surface area contributed by atoms with Crippen molar-refractivity contribution in [3.05, 3.63) is 15.9 Å². The fourth-order valence-corrected chi connectivity index (χ4v) is 6.45. The second-order valence-corrected chi connectivity index (χ2v) is 9.53. The van der Waals surface area contributed by atoms with E-state index in [-0.39, 0.29) is 31.1 Å². The Balaban J connectivity index is 1.68. The summed E-state index contributed by atoms with van der Waals surface area (Å²) < 4.78 is 37.1. The molecule has 4 fully saturated rings. The summed E-state index contributed by atoms with van der Waals surface area (Å²) in [5.41, 5.74) is -4.02. The molecule has 0 N–H and O–H groups in total. The predicted molar refractivity (Wildman–Crippen MR) is 90.8 cm³/mol. The van der Waals surface area contributed by atoms with Gasteiger partial charge in [-0.2, -0.15) is 4.99 Å². The van der Waals surface area contributed by atoms with E-state index in [4.69, 9.17) is 4.74 Å². The van der Waals surface area contributed by atoms with E-state index in [1.165, 1.54) is 11.3 Å². The van der Waals surface area contributed by atoms with E-state index >= 15 is 8.78 Å². The SMILES string of the molecule is COCCn1cc(C)s/c1=N\C(=O)C12CC3CC(F)(CC(F)(C3)C1)C2. The molecule has 2 unspecified atom stereocenters. The second-order valence-electron chi connectivity index (χ2n) is 8.32. The number of ether oxygens (including phenoxy) is 1. The van der Waals surface area contributed by atoms with Crippen molar-refractivity contribution in [2.45, 2.75) is 63.3 Å². The van der Waals surface area contributed by atoms with Gasteiger partial charge in [-0.1, -0.05) is 0 Å². The fourth-order valence-electron chi connectivity index (χ4n) is 5.59. The molecule has 4 bridgehead atoms. The minimum Gasteiger partial charge on any atom is -0.383 e. The Kier molecular flexibility index (Phi) is 3.96. The zero-order valence-corrected chi connectivity index (χ0v) is 15.5. The molecule has 1 aromatic rings. The Morgan fingerprint density at radius 3 is 2.60 bits per heavy atom. The molecule has 4 aliphatic rings. The van der Waals surface area contributed by atoms with Crippen molar-refractivity contribution in [3.63, 3.8) is 0 Å². The molecular formula is C18H24F2N2O2S. The number of carbonyl (C=O) groups excluding carboxylic acids is 1. The molecule has 1 amide bonds. The molecule has 7 heteroatoms. The average Bonchev–Trinajstić information content (AvgIpc) is 2.81. The molecule has 1 heterocycles. The van der Waals surface area contributed by atoms with Crippen LogP contribution in [0.15, 0.2) is 11.2 Å². The standard InChI is InChI=1S/C18H24F2N2O2S/c1-12-8-22(3-4-24-2)15(25-12)21-14(23)16-5-13-6-17(19,9-16)11-18(20,7-13)10-16/h8,13H,3-7,9-11H2,1-2H3/b21-15-. The van der Waals surface area contributed by atoms with Crippen LogP contribution < -0.4 is 4.80 Å². The lowest BCUT2D eigenvalue weighted by atomic mass is 9.47. The number of nitrogens with zero attached hydrogens (tertiary/aromatic N) is 2. The lowest BCUT2D eigenvalue weighted by Crippen LogP contribution is -2.62. The highest BCUT2D eigenvalue weighted by molar-refractivity contribution is 7.09. The van der Waals surface area contributed by atoms with Gasteiger partial charge in [-0.3, -0.25) is 4.79 Å². The highest BCUT2D eigenvalue weighted by Gasteiger charge is 2.67. The fraction of sp³-hybridized carbons (Fsp3) is 0.778. The zero-order chi connectivity index (χ0) is 17.9. The third-order valence-corrected chi connectivity index (χ3v) is 6.89. The highest BCUT2D eigenvalue weighted by Crippen LogP contribution is 2.65. The number of hydrogen-bond acceptors (Lipinski definition) is 3. The third kappa shape index (κ3) is 2.99. The molecule has 0 saturated heterocycles. The Bertz CT molecular complexity index is 753. The van der Waals surface area contributed by atoms with Gasteiger partial charge < -0.3 is 9.30 Å². The first-order chi connectivity index (χ1) is 11.7. The Morgan fingerprint density at radius 1 is 1.32 bits per heavy atom. The Hall–Kier alpha value is -1.08. The number of carbonyl (C=O) groups is 1. The molecule has 138 valence electrons. The summed E-state index contributed by atoms with van der Waals surface area (Å²) in [4.78, 5) is 19.0. The molecule has 4 nitrogen and oxygen atoms in total. The second kappa shape index (κ2) is 5.71. The van der Waals surface area contributed by atoms with E-state index in [0.717, 1.165) is 4.88 Å². The number of amides is 1. The number of alkyl halides is 2. The van der Waals surface area contributed by atoms with Crippen LogP contribution in [0.2, 0.25) is 0 Å². The van der Waals surface area contributed by atoms with Crippen molar-refractivity contribution < 1.29 is 18.3 Å². The minimum absolute atomic E-state index is 0.0314. The number of halogens is 2. The summed E-state index contributed by atoms with van der Waals surface area (Å²) in [6.45, 7) is 3.07. The van der Waals surface area contributed by atoms with Crippen LogP contribution >= 0.6 is 11.3 Å². The summed E-state index contributed by atoms with van der Waals surface area (Å²) in [5.74, 6) is -0.371. The van der Waals surface area contributed by atoms with Gasteiger partial charge in [0.15, 0.2) is 4.80 Å². The van der Waals surface area contributed by atoms with Crippen LogP contribution in [0.25, 0.3) is 0 Å². The topological polar surface area (TPSA) is 43.6 Å². The van der Waals surface area contributed by atoms with Gasteiger partial charge in [0.25, 0.3) is 5.91 Å². The molecule has 5 rings (SSSR count). The van der Waals surface area contributed by atoms with Gasteiger partial charge in [0, 0.05) is 31.1 Å². The minimum atomic E-state index is -1.53. The maximum atomic E-state index is 15.1. The normalized spacial score (nSPS) is 40.0. The monoisotopic (exact) mass is 370 g/mol. The van der Waals surface area contributed by atoms with Crippen LogP contribution in [0.3, 0.4) is 0 Å². The van der Waals surface area contributed by atoms with Crippen molar-refractivity contribution in [1.82, 2.24) is 4.57 Å². The highest BCUT2D eigenvalue weighted by atomic mass is 32.1. The molecule has 25 heavy (non-hydrogen) atoms. The molecule has 2 atom stereocenters. The van der Waals surface area contributed by atoms with Crippen LogP contribution in [-0.4, -0.2) is 35.5 Å². The van der Waals surface area contributed by atoms with Crippen molar-refractivity contribution >= 4 is 17.2 Å². The predicted octanol–water partition coefficient (Wildman–Crippen LogP) is 3.33. The Labute approximate surface area is 149 Å². The van der Waals surface area contributed by atoms with Crippen LogP contribution in [0.1, 0.15) is 43.4 Å². The van der Waals surface area contributed by atoms with E-state index < -0.39 is 16.8 Å². The van der Waals surface area contributed by atoms with E-state index in [2.05, 4.69) is 4.99 Å². The van der Waals surface area contributed by atoms with Crippen LogP contribution in [0, 0.1) is 18.3 Å². The van der Waals surface area contributed by atoms with Crippen molar-refractivity contribution in [2.75, 3.05) is 13.7 Å². The van der Waals surface area contributed by atoms with Crippen LogP contribution in [0.5, 0.6) is 0 Å². The van der Waals surface area contributed by atoms with Crippen molar-refractivity contribution in [2.24, 2.45) is 16.3 Å². The van der Waals surface area contributed by atoms with Gasteiger partial charge in [-0.15, -0.1) is 11.3 Å². The first-order valence-electron chi connectivity index (χ1n) is 8.88. The lowest BCUT2D eigenvalue weighted by Gasteiger charge is -2.59. The average molecular weight is 370 g/mol.